The van der Waals surface area contributed by atoms with E-state index in [9.17, 15) is 13.2 Å². The topological polar surface area (TPSA) is 80.7 Å². The van der Waals surface area contributed by atoms with Gasteiger partial charge in [0.2, 0.25) is 10.3 Å². The number of aliphatic hydroxyl groups is 1. The van der Waals surface area contributed by atoms with Crippen LogP contribution in [0.15, 0.2) is 12.2 Å². The van der Waals surface area contributed by atoms with Crippen LogP contribution in [0, 0.1) is 0 Å². The Bertz CT molecular complexity index is 319. The second-order valence-electron chi connectivity index (χ2n) is 2.34. The molecule has 6 heteroatoms. The first-order valence-corrected chi connectivity index (χ1v) is 4.51. The van der Waals surface area contributed by atoms with Gasteiger partial charge in [0.1, 0.15) is 12.7 Å². The molecule has 0 rings (SSSR count). The van der Waals surface area contributed by atoms with Crippen LogP contribution in [-0.4, -0.2) is 37.6 Å². The SMILES string of the molecule is C=C(C)C(=O)OCC(O)C=S(=O)=O. The van der Waals surface area contributed by atoms with Crippen LogP contribution < -0.4 is 0 Å². The number of esters is 1. The second kappa shape index (κ2) is 5.50. The van der Waals surface area contributed by atoms with Crippen molar-refractivity contribution in [3.05, 3.63) is 12.2 Å². The van der Waals surface area contributed by atoms with Gasteiger partial charge in [-0.25, -0.2) is 4.79 Å². The largest absolute Gasteiger partial charge is 0.459 e. The Labute approximate surface area is 77.2 Å². The van der Waals surface area contributed by atoms with E-state index in [1.165, 1.54) is 6.92 Å². The van der Waals surface area contributed by atoms with Crippen molar-refractivity contribution in [2.45, 2.75) is 13.0 Å². The highest BCUT2D eigenvalue weighted by molar-refractivity contribution is 7.71. The van der Waals surface area contributed by atoms with Crippen LogP contribution in [0.2, 0.25) is 0 Å². The van der Waals surface area contributed by atoms with E-state index in [4.69, 9.17) is 5.11 Å². The van der Waals surface area contributed by atoms with Crippen molar-refractivity contribution >= 4 is 21.6 Å². The average Bonchev–Trinajstić information content (AvgIpc) is 1.98. The van der Waals surface area contributed by atoms with Crippen LogP contribution in [0.3, 0.4) is 0 Å². The quantitative estimate of drug-likeness (QED) is 0.368. The van der Waals surface area contributed by atoms with E-state index < -0.39 is 22.4 Å². The summed E-state index contributed by atoms with van der Waals surface area (Å²) in [5, 5.41) is 9.53. The predicted octanol–water partition coefficient (Wildman–Crippen LogP) is -0.852. The Kier molecular flexibility index (Phi) is 5.01. The summed E-state index contributed by atoms with van der Waals surface area (Å²) in [5.41, 5.74) is 0.190. The summed E-state index contributed by atoms with van der Waals surface area (Å²) < 4.78 is 24.5. The molecule has 0 fully saturated rings. The first kappa shape index (κ1) is 11.9. The summed E-state index contributed by atoms with van der Waals surface area (Å²) in [6.07, 6.45) is -1.30. The molecule has 0 aliphatic carbocycles. The summed E-state index contributed by atoms with van der Waals surface area (Å²) in [7, 11) is -2.46. The molecule has 0 amide bonds. The Hall–Kier alpha value is -1.14. The molecular weight excluding hydrogens is 196 g/mol. The van der Waals surface area contributed by atoms with E-state index in [-0.39, 0.29) is 12.2 Å². The zero-order chi connectivity index (χ0) is 10.4. The minimum atomic E-state index is -2.46. The third-order valence-corrected chi connectivity index (χ3v) is 1.54. The maximum atomic E-state index is 10.7. The van der Waals surface area contributed by atoms with Crippen molar-refractivity contribution in [2.24, 2.45) is 0 Å². The number of carbonyl (C=O) groups excluding carboxylic acids is 1. The van der Waals surface area contributed by atoms with E-state index in [0.717, 1.165) is 0 Å². The lowest BCUT2D eigenvalue weighted by atomic mass is 10.3. The molecule has 0 aliphatic rings. The van der Waals surface area contributed by atoms with Gasteiger partial charge >= 0.3 is 5.97 Å². The molecule has 5 nitrogen and oxygen atoms in total. The molecule has 0 bridgehead atoms. The Morgan fingerprint density at radius 3 is 2.62 bits per heavy atom. The van der Waals surface area contributed by atoms with Crippen molar-refractivity contribution in [1.82, 2.24) is 0 Å². The van der Waals surface area contributed by atoms with Crippen molar-refractivity contribution in [2.75, 3.05) is 6.61 Å². The van der Waals surface area contributed by atoms with Crippen LogP contribution in [-0.2, 0) is 19.8 Å². The normalized spacial score (nSPS) is 11.5. The molecule has 1 atom stereocenters. The van der Waals surface area contributed by atoms with Crippen LogP contribution in [0.5, 0.6) is 0 Å². The van der Waals surface area contributed by atoms with Gasteiger partial charge in [-0.2, -0.15) is 8.42 Å². The molecule has 1 N–H and O–H groups in total. The number of rotatable bonds is 4. The molecule has 0 radical (unpaired) electrons. The lowest BCUT2D eigenvalue weighted by Gasteiger charge is -2.05. The monoisotopic (exact) mass is 206 g/mol. The maximum Gasteiger partial charge on any atom is 0.333 e. The minimum Gasteiger partial charge on any atom is -0.459 e. The van der Waals surface area contributed by atoms with E-state index in [0.29, 0.717) is 5.37 Å². The van der Waals surface area contributed by atoms with E-state index in [2.05, 4.69) is 11.3 Å². The van der Waals surface area contributed by atoms with Gasteiger partial charge in [0.05, 0.1) is 5.37 Å². The van der Waals surface area contributed by atoms with Gasteiger partial charge in [-0.3, -0.25) is 0 Å². The highest BCUT2D eigenvalue weighted by atomic mass is 32.2. The number of carbonyl (C=O) groups is 1. The van der Waals surface area contributed by atoms with Gasteiger partial charge in [-0.1, -0.05) is 6.58 Å². The number of hydrogen-bond acceptors (Lipinski definition) is 5. The van der Waals surface area contributed by atoms with Gasteiger partial charge in [0, 0.05) is 5.57 Å². The predicted molar refractivity (Wildman–Crippen MR) is 46.8 cm³/mol. The van der Waals surface area contributed by atoms with Crippen LogP contribution in [0.25, 0.3) is 0 Å². The molecule has 1 unspecified atom stereocenters. The van der Waals surface area contributed by atoms with Gasteiger partial charge < -0.3 is 9.84 Å². The summed E-state index contributed by atoms with van der Waals surface area (Å²) >= 11 is 0. The first-order chi connectivity index (χ1) is 5.93. The molecule has 0 aliphatic heterocycles. The van der Waals surface area contributed by atoms with Crippen LogP contribution in [0.4, 0.5) is 0 Å². The molecule has 0 aromatic rings. The molecule has 0 spiro atoms. The molecule has 0 aromatic carbocycles. The van der Waals surface area contributed by atoms with Crippen molar-refractivity contribution in [3.8, 4) is 0 Å². The molecule has 0 aromatic heterocycles. The molecule has 13 heavy (non-hydrogen) atoms. The fourth-order valence-electron chi connectivity index (χ4n) is 0.452. The maximum absolute atomic E-state index is 10.7. The highest BCUT2D eigenvalue weighted by Crippen LogP contribution is 1.92. The van der Waals surface area contributed by atoms with E-state index >= 15 is 0 Å². The second-order valence-corrected chi connectivity index (χ2v) is 3.14. The number of hydrogen-bond donors (Lipinski definition) is 1. The minimum absolute atomic E-state index is 0.190. The fourth-order valence-corrected chi connectivity index (χ4v) is 0.787. The number of aliphatic hydroxyl groups excluding tert-OH is 1. The van der Waals surface area contributed by atoms with Gasteiger partial charge in [-0.05, 0) is 6.92 Å². The summed E-state index contributed by atoms with van der Waals surface area (Å²) in [5.74, 6) is -0.663. The third kappa shape index (κ3) is 6.06. The Morgan fingerprint density at radius 2 is 2.23 bits per heavy atom. The van der Waals surface area contributed by atoms with Gasteiger partial charge in [0.15, 0.2) is 0 Å². The van der Waals surface area contributed by atoms with Crippen LogP contribution >= 0.6 is 0 Å². The van der Waals surface area contributed by atoms with Crippen LogP contribution in [0.1, 0.15) is 6.92 Å². The van der Waals surface area contributed by atoms with Crippen molar-refractivity contribution < 1.29 is 23.1 Å². The fraction of sp³-hybridized carbons (Fsp3) is 0.429. The standard InChI is InChI=1S/C7H10O5S/c1-5(2)7(9)12-3-6(8)4-13(10)11/h4,6,8H,1,3H2,2H3. The van der Waals surface area contributed by atoms with E-state index in [1.807, 2.05) is 0 Å². The zero-order valence-corrected chi connectivity index (χ0v) is 7.87. The third-order valence-electron chi connectivity index (χ3n) is 1.00. The lowest BCUT2D eigenvalue weighted by Crippen LogP contribution is -2.20. The van der Waals surface area contributed by atoms with Gasteiger partial charge in [0.25, 0.3) is 0 Å². The summed E-state index contributed by atoms with van der Waals surface area (Å²) in [6, 6.07) is 0. The van der Waals surface area contributed by atoms with Crippen molar-refractivity contribution in [3.63, 3.8) is 0 Å². The number of ether oxygens (including phenoxy) is 1. The van der Waals surface area contributed by atoms with E-state index in [1.54, 1.807) is 0 Å². The molecule has 74 valence electrons. The molecule has 0 heterocycles. The Balaban J connectivity index is 3.97. The lowest BCUT2D eigenvalue weighted by molar-refractivity contribution is -0.140. The molecule has 0 saturated carbocycles. The Morgan fingerprint density at radius 1 is 1.69 bits per heavy atom. The average molecular weight is 206 g/mol. The highest BCUT2D eigenvalue weighted by Gasteiger charge is 2.06. The first-order valence-electron chi connectivity index (χ1n) is 3.37. The molecular formula is C7H10O5S. The smallest absolute Gasteiger partial charge is 0.333 e. The van der Waals surface area contributed by atoms with Gasteiger partial charge in [-0.15, -0.1) is 0 Å². The summed E-state index contributed by atoms with van der Waals surface area (Å²) in [4.78, 5) is 10.7. The van der Waals surface area contributed by atoms with Crippen molar-refractivity contribution in [1.29, 1.82) is 0 Å². The zero-order valence-electron chi connectivity index (χ0n) is 7.06. The molecule has 0 saturated heterocycles. The summed E-state index contributed by atoms with van der Waals surface area (Å²) in [6.45, 7) is 4.37.